The van der Waals surface area contributed by atoms with Crippen LogP contribution in [0.2, 0.25) is 0 Å². The number of amides is 1. The summed E-state index contributed by atoms with van der Waals surface area (Å²) in [7, 11) is 1.60. The third-order valence-electron chi connectivity index (χ3n) is 3.89. The van der Waals surface area contributed by atoms with E-state index >= 15 is 0 Å². The molecule has 110 valence electrons. The SMILES string of the molecule is COc1cc(Br)cc(C)c1NC(=O)C1CCCCC1N. The third-order valence-corrected chi connectivity index (χ3v) is 4.35. The van der Waals surface area contributed by atoms with Crippen molar-refractivity contribution < 1.29 is 9.53 Å². The van der Waals surface area contributed by atoms with Gasteiger partial charge in [-0.25, -0.2) is 0 Å². The first-order valence-corrected chi connectivity index (χ1v) is 7.73. The fraction of sp³-hybridized carbons (Fsp3) is 0.533. The minimum absolute atomic E-state index is 0.000854. The van der Waals surface area contributed by atoms with E-state index in [2.05, 4.69) is 21.2 Å². The number of methoxy groups -OCH3 is 1. The number of carbonyl (C=O) groups excluding carboxylic acids is 1. The molecular formula is C15H21BrN2O2. The Morgan fingerprint density at radius 1 is 1.40 bits per heavy atom. The molecule has 2 rings (SSSR count). The topological polar surface area (TPSA) is 64.3 Å². The second kappa shape index (κ2) is 6.59. The molecule has 0 bridgehead atoms. The van der Waals surface area contributed by atoms with Crippen LogP contribution in [-0.2, 0) is 4.79 Å². The Morgan fingerprint density at radius 2 is 2.10 bits per heavy atom. The van der Waals surface area contributed by atoms with Crippen molar-refractivity contribution in [1.82, 2.24) is 0 Å². The second-order valence-electron chi connectivity index (χ2n) is 5.34. The summed E-state index contributed by atoms with van der Waals surface area (Å²) in [5.41, 5.74) is 7.77. The van der Waals surface area contributed by atoms with E-state index in [0.717, 1.165) is 41.4 Å². The van der Waals surface area contributed by atoms with Crippen LogP contribution in [0.1, 0.15) is 31.2 Å². The number of carbonyl (C=O) groups is 1. The lowest BCUT2D eigenvalue weighted by Crippen LogP contribution is -2.40. The maximum Gasteiger partial charge on any atom is 0.229 e. The summed E-state index contributed by atoms with van der Waals surface area (Å²) in [6, 6.07) is 3.77. The highest BCUT2D eigenvalue weighted by Crippen LogP contribution is 2.33. The Balaban J connectivity index is 2.19. The molecule has 1 saturated carbocycles. The Bertz CT molecular complexity index is 505. The highest BCUT2D eigenvalue weighted by atomic mass is 79.9. The second-order valence-corrected chi connectivity index (χ2v) is 6.26. The van der Waals surface area contributed by atoms with E-state index < -0.39 is 0 Å². The molecule has 0 radical (unpaired) electrons. The van der Waals surface area contributed by atoms with Crippen LogP contribution in [0.25, 0.3) is 0 Å². The molecule has 1 fully saturated rings. The van der Waals surface area contributed by atoms with Gasteiger partial charge in [-0.15, -0.1) is 0 Å². The summed E-state index contributed by atoms with van der Waals surface area (Å²) in [5, 5.41) is 2.99. The number of nitrogens with one attached hydrogen (secondary N) is 1. The first-order chi connectivity index (χ1) is 9.52. The lowest BCUT2D eigenvalue weighted by molar-refractivity contribution is -0.121. The molecule has 5 heteroatoms. The minimum Gasteiger partial charge on any atom is -0.495 e. The zero-order chi connectivity index (χ0) is 14.7. The number of anilines is 1. The molecule has 0 heterocycles. The van der Waals surface area contributed by atoms with Crippen LogP contribution in [0.3, 0.4) is 0 Å². The molecule has 1 aliphatic rings. The van der Waals surface area contributed by atoms with Crippen molar-refractivity contribution in [3.8, 4) is 5.75 Å². The highest BCUT2D eigenvalue weighted by molar-refractivity contribution is 9.10. The van der Waals surface area contributed by atoms with E-state index in [1.54, 1.807) is 7.11 Å². The van der Waals surface area contributed by atoms with Crippen LogP contribution in [0.4, 0.5) is 5.69 Å². The molecule has 2 unspecified atom stereocenters. The molecule has 1 aromatic carbocycles. The molecule has 0 saturated heterocycles. The number of hydrogen-bond donors (Lipinski definition) is 2. The van der Waals surface area contributed by atoms with E-state index in [-0.39, 0.29) is 17.9 Å². The third kappa shape index (κ3) is 3.33. The average Bonchev–Trinajstić information content (AvgIpc) is 2.41. The van der Waals surface area contributed by atoms with Crippen LogP contribution in [0, 0.1) is 12.8 Å². The summed E-state index contributed by atoms with van der Waals surface area (Å²) in [6.07, 6.45) is 3.98. The van der Waals surface area contributed by atoms with Crippen LogP contribution < -0.4 is 15.8 Å². The number of ether oxygens (including phenoxy) is 1. The summed E-state index contributed by atoms with van der Waals surface area (Å²) in [4.78, 5) is 12.4. The Labute approximate surface area is 128 Å². The van der Waals surface area contributed by atoms with Gasteiger partial charge in [-0.1, -0.05) is 28.8 Å². The van der Waals surface area contributed by atoms with Gasteiger partial charge in [0.15, 0.2) is 0 Å². The van der Waals surface area contributed by atoms with E-state index in [4.69, 9.17) is 10.5 Å². The molecule has 3 N–H and O–H groups in total. The zero-order valence-corrected chi connectivity index (χ0v) is 13.5. The van der Waals surface area contributed by atoms with Crippen molar-refractivity contribution in [2.24, 2.45) is 11.7 Å². The first-order valence-electron chi connectivity index (χ1n) is 6.93. The molecule has 0 spiro atoms. The summed E-state index contributed by atoms with van der Waals surface area (Å²) < 4.78 is 6.28. The molecule has 1 aliphatic carbocycles. The smallest absolute Gasteiger partial charge is 0.229 e. The fourth-order valence-electron chi connectivity index (χ4n) is 2.73. The van der Waals surface area contributed by atoms with Crippen molar-refractivity contribution >= 4 is 27.5 Å². The maximum atomic E-state index is 12.4. The lowest BCUT2D eigenvalue weighted by Gasteiger charge is -2.28. The molecule has 1 amide bonds. The van der Waals surface area contributed by atoms with Crippen molar-refractivity contribution in [2.45, 2.75) is 38.6 Å². The first kappa shape index (κ1) is 15.3. The van der Waals surface area contributed by atoms with Gasteiger partial charge in [-0.05, 0) is 37.5 Å². The van der Waals surface area contributed by atoms with E-state index in [1.165, 1.54) is 0 Å². The standard InChI is InChI=1S/C15H21BrN2O2/c1-9-7-10(16)8-13(20-2)14(9)18-15(19)11-5-3-4-6-12(11)17/h7-8,11-12H,3-6,17H2,1-2H3,(H,18,19). The number of nitrogens with two attached hydrogens (primary N) is 1. The monoisotopic (exact) mass is 340 g/mol. The van der Waals surface area contributed by atoms with Gasteiger partial charge < -0.3 is 15.8 Å². The molecule has 0 aliphatic heterocycles. The number of halogens is 1. The predicted octanol–water partition coefficient (Wildman–Crippen LogP) is 3.22. The Kier molecular flexibility index (Phi) is 5.05. The number of benzene rings is 1. The van der Waals surface area contributed by atoms with Gasteiger partial charge in [0.2, 0.25) is 5.91 Å². The highest BCUT2D eigenvalue weighted by Gasteiger charge is 2.29. The van der Waals surface area contributed by atoms with Gasteiger partial charge in [-0.2, -0.15) is 0 Å². The zero-order valence-electron chi connectivity index (χ0n) is 11.9. The number of rotatable bonds is 3. The van der Waals surface area contributed by atoms with Crippen molar-refractivity contribution in [3.63, 3.8) is 0 Å². The normalized spacial score (nSPS) is 22.4. The molecular weight excluding hydrogens is 320 g/mol. The Morgan fingerprint density at radius 3 is 2.75 bits per heavy atom. The van der Waals surface area contributed by atoms with Crippen LogP contribution in [-0.4, -0.2) is 19.1 Å². The molecule has 4 nitrogen and oxygen atoms in total. The van der Waals surface area contributed by atoms with Gasteiger partial charge in [-0.3, -0.25) is 4.79 Å². The van der Waals surface area contributed by atoms with Gasteiger partial charge in [0.1, 0.15) is 5.75 Å². The molecule has 0 aromatic heterocycles. The minimum atomic E-state index is -0.100. The summed E-state index contributed by atoms with van der Waals surface area (Å²) >= 11 is 3.43. The van der Waals surface area contributed by atoms with E-state index in [0.29, 0.717) is 5.75 Å². The van der Waals surface area contributed by atoms with Crippen LogP contribution >= 0.6 is 15.9 Å². The maximum absolute atomic E-state index is 12.4. The lowest BCUT2D eigenvalue weighted by atomic mass is 9.84. The average molecular weight is 341 g/mol. The van der Waals surface area contributed by atoms with Crippen molar-refractivity contribution in [1.29, 1.82) is 0 Å². The number of aryl methyl sites for hydroxylation is 1. The van der Waals surface area contributed by atoms with Gasteiger partial charge in [0.25, 0.3) is 0 Å². The summed E-state index contributed by atoms with van der Waals surface area (Å²) in [6.45, 7) is 1.95. The predicted molar refractivity (Wildman–Crippen MR) is 84.0 cm³/mol. The van der Waals surface area contributed by atoms with Crippen LogP contribution in [0.5, 0.6) is 5.75 Å². The van der Waals surface area contributed by atoms with Crippen molar-refractivity contribution in [3.05, 3.63) is 22.2 Å². The molecule has 2 atom stereocenters. The quantitative estimate of drug-likeness (QED) is 0.887. The molecule has 1 aromatic rings. The van der Waals surface area contributed by atoms with Gasteiger partial charge >= 0.3 is 0 Å². The molecule has 20 heavy (non-hydrogen) atoms. The largest absolute Gasteiger partial charge is 0.495 e. The van der Waals surface area contributed by atoms with Gasteiger partial charge in [0.05, 0.1) is 18.7 Å². The fourth-order valence-corrected chi connectivity index (χ4v) is 3.29. The van der Waals surface area contributed by atoms with Gasteiger partial charge in [0, 0.05) is 10.5 Å². The Hall–Kier alpha value is -1.07. The van der Waals surface area contributed by atoms with E-state index in [1.807, 2.05) is 19.1 Å². The number of hydrogen-bond acceptors (Lipinski definition) is 3. The van der Waals surface area contributed by atoms with E-state index in [9.17, 15) is 4.79 Å². The van der Waals surface area contributed by atoms with Crippen LogP contribution in [0.15, 0.2) is 16.6 Å². The van der Waals surface area contributed by atoms with Crippen molar-refractivity contribution in [2.75, 3.05) is 12.4 Å². The summed E-state index contributed by atoms with van der Waals surface area (Å²) in [5.74, 6) is 0.562.